The number of hydrogen-bond donors (Lipinski definition) is 2. The fourth-order valence-electron chi connectivity index (χ4n) is 7.42. The average Bonchev–Trinajstić information content (AvgIpc) is 3.14. The molecule has 0 amide bonds. The molecule has 5 aliphatic rings. The van der Waals surface area contributed by atoms with Crippen LogP contribution in [0.4, 0.5) is 0 Å². The molecular formula is C21H32N2O. The first-order chi connectivity index (χ1) is 11.5. The zero-order valence-electron chi connectivity index (χ0n) is 15.3. The monoisotopic (exact) mass is 328 g/mol. The van der Waals surface area contributed by atoms with Crippen LogP contribution >= 0.6 is 0 Å². The van der Waals surface area contributed by atoms with E-state index in [1.165, 1.54) is 38.5 Å². The van der Waals surface area contributed by atoms with E-state index in [0.29, 0.717) is 17.1 Å². The molecule has 3 heteroatoms. The molecule has 4 fully saturated rings. The minimum Gasteiger partial charge on any atom is -0.299 e. The van der Waals surface area contributed by atoms with E-state index in [1.54, 1.807) is 5.57 Å². The molecule has 3 nitrogen and oxygen atoms in total. The van der Waals surface area contributed by atoms with Gasteiger partial charge in [-0.05, 0) is 68.1 Å². The molecular weight excluding hydrogens is 296 g/mol. The van der Waals surface area contributed by atoms with Gasteiger partial charge in [0.25, 0.3) is 0 Å². The largest absolute Gasteiger partial charge is 0.299 e. The van der Waals surface area contributed by atoms with Gasteiger partial charge >= 0.3 is 0 Å². The third-order valence-electron chi connectivity index (χ3n) is 8.91. The van der Waals surface area contributed by atoms with Crippen molar-refractivity contribution in [1.82, 2.24) is 10.6 Å². The van der Waals surface area contributed by atoms with Crippen LogP contribution in [0.15, 0.2) is 11.6 Å². The van der Waals surface area contributed by atoms with Crippen LogP contribution in [0.5, 0.6) is 0 Å². The van der Waals surface area contributed by atoms with E-state index in [2.05, 4.69) is 30.6 Å². The first-order valence-corrected chi connectivity index (χ1v) is 10.2. The van der Waals surface area contributed by atoms with Crippen LogP contribution in [0.25, 0.3) is 0 Å². The SMILES string of the molecule is CC12CCC3C(CCC4=CC5(CC[C@@]43C)NCCN5)C1CCC2=O. The van der Waals surface area contributed by atoms with Crippen molar-refractivity contribution in [2.24, 2.45) is 28.6 Å². The highest BCUT2D eigenvalue weighted by atomic mass is 16.1. The van der Waals surface area contributed by atoms with Crippen molar-refractivity contribution in [2.45, 2.75) is 70.9 Å². The number of fused-ring (bicyclic) bond motifs is 5. The molecule has 5 rings (SSSR count). The molecule has 0 radical (unpaired) electrons. The van der Waals surface area contributed by atoms with E-state index >= 15 is 0 Å². The quantitative estimate of drug-likeness (QED) is 0.670. The number of Topliss-reactive ketones (excluding diaryl/α,β-unsaturated/α-hetero) is 1. The molecule has 0 bridgehead atoms. The second-order valence-corrected chi connectivity index (χ2v) is 9.75. The Morgan fingerprint density at radius 1 is 0.917 bits per heavy atom. The summed E-state index contributed by atoms with van der Waals surface area (Å²) in [6, 6.07) is 0. The molecule has 5 atom stereocenters. The fourth-order valence-corrected chi connectivity index (χ4v) is 7.42. The van der Waals surface area contributed by atoms with Gasteiger partial charge in [-0.25, -0.2) is 0 Å². The standard InChI is InChI=1S/C21H32N2O/c1-19-9-10-21(22-11-12-23-21)13-14(19)3-4-15-16-5-6-18(24)20(16,2)8-7-17(15)19/h13,15-17,22-23H,3-12H2,1-2H3/t15?,16?,17?,19-,20?/m0/s1. The Labute approximate surface area is 146 Å². The highest BCUT2D eigenvalue weighted by Gasteiger charge is 2.59. The molecule has 4 unspecified atom stereocenters. The third-order valence-corrected chi connectivity index (χ3v) is 8.91. The predicted octanol–water partition coefficient (Wildman–Crippen LogP) is 3.41. The maximum atomic E-state index is 12.5. The number of carbonyl (C=O) groups excluding carboxylic acids is 1. The minimum atomic E-state index is 0.0171. The molecule has 0 aromatic rings. The average molecular weight is 329 g/mol. The summed E-state index contributed by atoms with van der Waals surface area (Å²) in [5, 5.41) is 7.42. The maximum Gasteiger partial charge on any atom is 0.139 e. The van der Waals surface area contributed by atoms with Gasteiger partial charge in [-0.1, -0.05) is 25.5 Å². The summed E-state index contributed by atoms with van der Waals surface area (Å²) in [7, 11) is 0. The zero-order valence-corrected chi connectivity index (χ0v) is 15.3. The van der Waals surface area contributed by atoms with Crippen LogP contribution in [0, 0.1) is 28.6 Å². The summed E-state index contributed by atoms with van der Waals surface area (Å²) in [6.07, 6.45) is 12.1. The first kappa shape index (κ1) is 15.6. The van der Waals surface area contributed by atoms with Gasteiger partial charge in [-0.2, -0.15) is 0 Å². The van der Waals surface area contributed by atoms with Crippen molar-refractivity contribution >= 4 is 5.78 Å². The van der Waals surface area contributed by atoms with E-state index in [9.17, 15) is 4.79 Å². The number of ketones is 1. The van der Waals surface area contributed by atoms with E-state index in [0.717, 1.165) is 37.8 Å². The number of carbonyl (C=O) groups is 1. The number of allylic oxidation sites excluding steroid dienone is 1. The summed E-state index contributed by atoms with van der Waals surface area (Å²) in [5.74, 6) is 2.83. The molecule has 1 saturated heterocycles. The second-order valence-electron chi connectivity index (χ2n) is 9.75. The van der Waals surface area contributed by atoms with Gasteiger partial charge in [-0.15, -0.1) is 0 Å². The highest BCUT2D eigenvalue weighted by Crippen LogP contribution is 2.64. The summed E-state index contributed by atoms with van der Waals surface area (Å²) >= 11 is 0. The Morgan fingerprint density at radius 3 is 2.46 bits per heavy atom. The predicted molar refractivity (Wildman–Crippen MR) is 95.4 cm³/mol. The Morgan fingerprint density at radius 2 is 1.67 bits per heavy atom. The normalized spacial score (nSPS) is 49.5. The van der Waals surface area contributed by atoms with Gasteiger partial charge < -0.3 is 0 Å². The zero-order chi connectivity index (χ0) is 16.6. The van der Waals surface area contributed by atoms with Crippen molar-refractivity contribution < 1.29 is 4.79 Å². The molecule has 1 heterocycles. The molecule has 3 saturated carbocycles. The van der Waals surface area contributed by atoms with Crippen molar-refractivity contribution in [3.8, 4) is 0 Å². The fraction of sp³-hybridized carbons (Fsp3) is 0.857. The smallest absolute Gasteiger partial charge is 0.139 e. The summed E-state index contributed by atoms with van der Waals surface area (Å²) < 4.78 is 0. The lowest BCUT2D eigenvalue weighted by molar-refractivity contribution is -0.132. The Bertz CT molecular complexity index is 605. The molecule has 0 aromatic heterocycles. The van der Waals surface area contributed by atoms with E-state index in [-0.39, 0.29) is 11.1 Å². The molecule has 4 aliphatic carbocycles. The van der Waals surface area contributed by atoms with Crippen LogP contribution in [-0.2, 0) is 4.79 Å². The number of rotatable bonds is 0. The third kappa shape index (κ3) is 1.89. The van der Waals surface area contributed by atoms with Crippen molar-refractivity contribution in [3.05, 3.63) is 11.6 Å². The van der Waals surface area contributed by atoms with Crippen LogP contribution in [0.2, 0.25) is 0 Å². The van der Waals surface area contributed by atoms with Gasteiger partial charge in [0.15, 0.2) is 0 Å². The Hall–Kier alpha value is -0.670. The lowest BCUT2D eigenvalue weighted by Crippen LogP contribution is -2.56. The molecule has 0 aromatic carbocycles. The van der Waals surface area contributed by atoms with Crippen molar-refractivity contribution in [3.63, 3.8) is 0 Å². The Kier molecular flexibility index (Phi) is 3.21. The summed E-state index contributed by atoms with van der Waals surface area (Å²) in [5.41, 5.74) is 2.20. The molecule has 2 N–H and O–H groups in total. The van der Waals surface area contributed by atoms with Crippen molar-refractivity contribution in [2.75, 3.05) is 13.1 Å². The summed E-state index contributed by atoms with van der Waals surface area (Å²) in [6.45, 7) is 7.03. The number of nitrogens with one attached hydrogen (secondary N) is 2. The van der Waals surface area contributed by atoms with Gasteiger partial charge in [0.05, 0.1) is 5.66 Å². The highest BCUT2D eigenvalue weighted by molar-refractivity contribution is 5.87. The lowest BCUT2D eigenvalue weighted by atomic mass is 9.47. The van der Waals surface area contributed by atoms with Crippen LogP contribution in [0.3, 0.4) is 0 Å². The topological polar surface area (TPSA) is 41.1 Å². The first-order valence-electron chi connectivity index (χ1n) is 10.2. The minimum absolute atomic E-state index is 0.0171. The van der Waals surface area contributed by atoms with Crippen LogP contribution in [0.1, 0.15) is 65.2 Å². The van der Waals surface area contributed by atoms with Crippen LogP contribution < -0.4 is 10.6 Å². The Balaban J connectivity index is 1.48. The molecule has 24 heavy (non-hydrogen) atoms. The van der Waals surface area contributed by atoms with E-state index in [4.69, 9.17) is 0 Å². The van der Waals surface area contributed by atoms with Gasteiger partial charge in [-0.3, -0.25) is 15.4 Å². The van der Waals surface area contributed by atoms with E-state index < -0.39 is 0 Å². The van der Waals surface area contributed by atoms with Gasteiger partial charge in [0, 0.05) is 24.9 Å². The molecule has 132 valence electrons. The molecule has 1 aliphatic heterocycles. The maximum absolute atomic E-state index is 12.5. The van der Waals surface area contributed by atoms with Crippen LogP contribution in [-0.4, -0.2) is 24.5 Å². The summed E-state index contributed by atoms with van der Waals surface area (Å²) in [4.78, 5) is 12.5. The lowest BCUT2D eigenvalue weighted by Gasteiger charge is -2.58. The van der Waals surface area contributed by atoms with E-state index in [1.807, 2.05) is 0 Å². The second kappa shape index (κ2) is 4.94. The number of hydrogen-bond acceptors (Lipinski definition) is 3. The van der Waals surface area contributed by atoms with Crippen molar-refractivity contribution in [1.29, 1.82) is 0 Å². The van der Waals surface area contributed by atoms with Gasteiger partial charge in [0.1, 0.15) is 5.78 Å². The van der Waals surface area contributed by atoms with Gasteiger partial charge in [0.2, 0.25) is 0 Å². The molecule has 1 spiro atoms.